The number of anilines is 1. The fourth-order valence-corrected chi connectivity index (χ4v) is 4.82. The zero-order valence-electron chi connectivity index (χ0n) is 18.1. The third-order valence-corrected chi connectivity index (χ3v) is 6.72. The van der Waals surface area contributed by atoms with Gasteiger partial charge in [-0.1, -0.05) is 18.9 Å². The summed E-state index contributed by atoms with van der Waals surface area (Å²) in [5.74, 6) is 1.98. The molecule has 1 aliphatic carbocycles. The van der Waals surface area contributed by atoms with E-state index in [1.54, 1.807) is 0 Å². The Balaban J connectivity index is 1.22. The molecule has 0 spiro atoms. The van der Waals surface area contributed by atoms with Crippen LogP contribution in [0.4, 0.5) is 5.82 Å². The molecule has 2 aliphatic heterocycles. The van der Waals surface area contributed by atoms with Gasteiger partial charge < -0.3 is 20.4 Å². The van der Waals surface area contributed by atoms with E-state index in [0.717, 1.165) is 57.1 Å². The number of hydrogen-bond donors (Lipinski definition) is 2. The highest BCUT2D eigenvalue weighted by Gasteiger charge is 2.30. The van der Waals surface area contributed by atoms with Gasteiger partial charge in [0.2, 0.25) is 0 Å². The van der Waals surface area contributed by atoms with Crippen LogP contribution < -0.4 is 15.5 Å². The number of pyridine rings is 1. The van der Waals surface area contributed by atoms with Crippen molar-refractivity contribution in [2.75, 3.05) is 58.3 Å². The molecule has 0 bridgehead atoms. The molecule has 2 N–H and O–H groups in total. The Labute approximate surface area is 175 Å². The van der Waals surface area contributed by atoms with Crippen molar-refractivity contribution in [1.82, 2.24) is 25.4 Å². The number of likely N-dealkylation sites (tertiary alicyclic amines) is 1. The van der Waals surface area contributed by atoms with E-state index < -0.39 is 0 Å². The summed E-state index contributed by atoms with van der Waals surface area (Å²) in [4.78, 5) is 16.5. The van der Waals surface area contributed by atoms with Crippen LogP contribution in [0.1, 0.15) is 37.7 Å². The van der Waals surface area contributed by atoms with Gasteiger partial charge in [0.05, 0.1) is 0 Å². The number of rotatable bonds is 5. The van der Waals surface area contributed by atoms with E-state index in [1.165, 1.54) is 44.2 Å². The van der Waals surface area contributed by atoms with Crippen LogP contribution in [0.15, 0.2) is 23.3 Å². The lowest BCUT2D eigenvalue weighted by atomic mass is 10.2. The molecule has 0 amide bonds. The monoisotopic (exact) mass is 399 g/mol. The molecule has 1 saturated carbocycles. The van der Waals surface area contributed by atoms with Crippen molar-refractivity contribution >= 4 is 11.8 Å². The maximum atomic E-state index is 4.69. The Kier molecular flexibility index (Phi) is 6.87. The predicted octanol–water partition coefficient (Wildman–Crippen LogP) is 1.52. The van der Waals surface area contributed by atoms with Gasteiger partial charge in [-0.2, -0.15) is 0 Å². The summed E-state index contributed by atoms with van der Waals surface area (Å²) >= 11 is 0. The first-order chi connectivity index (χ1) is 14.2. The van der Waals surface area contributed by atoms with Gasteiger partial charge >= 0.3 is 0 Å². The van der Waals surface area contributed by atoms with Crippen LogP contribution in [-0.2, 0) is 6.54 Å². The fraction of sp³-hybridized carbons (Fsp3) is 0.727. The SMILES string of the molecule is CN=C(NCc1ccc(N2CCN(C)CC2)nc1)NC1CCN(C2CCCC2)C1. The van der Waals surface area contributed by atoms with E-state index >= 15 is 0 Å². The maximum Gasteiger partial charge on any atom is 0.191 e. The van der Waals surface area contributed by atoms with Gasteiger partial charge in [-0.3, -0.25) is 9.89 Å². The van der Waals surface area contributed by atoms with E-state index in [4.69, 9.17) is 0 Å². The lowest BCUT2D eigenvalue weighted by Gasteiger charge is -2.33. The van der Waals surface area contributed by atoms with Gasteiger partial charge in [0.15, 0.2) is 5.96 Å². The van der Waals surface area contributed by atoms with Crippen molar-refractivity contribution in [3.63, 3.8) is 0 Å². The van der Waals surface area contributed by atoms with Crippen LogP contribution in [0, 0.1) is 0 Å². The molecular weight excluding hydrogens is 362 g/mol. The van der Waals surface area contributed by atoms with Crippen molar-refractivity contribution in [3.8, 4) is 0 Å². The van der Waals surface area contributed by atoms with Crippen LogP contribution in [0.2, 0.25) is 0 Å². The third-order valence-electron chi connectivity index (χ3n) is 6.72. The number of nitrogens with zero attached hydrogens (tertiary/aromatic N) is 5. The van der Waals surface area contributed by atoms with E-state index in [-0.39, 0.29) is 0 Å². The minimum atomic E-state index is 0.500. The Hall–Kier alpha value is -1.86. The van der Waals surface area contributed by atoms with Crippen molar-refractivity contribution in [2.45, 2.75) is 50.7 Å². The predicted molar refractivity (Wildman–Crippen MR) is 120 cm³/mol. The van der Waals surface area contributed by atoms with Gasteiger partial charge in [-0.25, -0.2) is 4.98 Å². The molecule has 7 heteroatoms. The summed E-state index contributed by atoms with van der Waals surface area (Å²) in [6.07, 6.45) is 8.78. The first-order valence-corrected chi connectivity index (χ1v) is 11.3. The number of aliphatic imine (C=N–C) groups is 1. The molecule has 4 rings (SSSR count). The van der Waals surface area contributed by atoms with Crippen LogP contribution >= 0.6 is 0 Å². The van der Waals surface area contributed by atoms with Crippen molar-refractivity contribution in [1.29, 1.82) is 0 Å². The Morgan fingerprint density at radius 2 is 1.90 bits per heavy atom. The Morgan fingerprint density at radius 3 is 2.59 bits per heavy atom. The second-order valence-corrected chi connectivity index (χ2v) is 8.80. The Bertz CT molecular complexity index is 660. The first-order valence-electron chi connectivity index (χ1n) is 11.3. The molecule has 29 heavy (non-hydrogen) atoms. The average Bonchev–Trinajstić information content (AvgIpc) is 3.44. The molecule has 3 aliphatic rings. The molecule has 1 aromatic rings. The normalized spacial score (nSPS) is 25.0. The van der Waals surface area contributed by atoms with Crippen molar-refractivity contribution in [2.24, 2.45) is 4.99 Å². The summed E-state index contributed by atoms with van der Waals surface area (Å²) in [5.41, 5.74) is 1.19. The quantitative estimate of drug-likeness (QED) is 0.578. The number of likely N-dealkylation sites (N-methyl/N-ethyl adjacent to an activating group) is 1. The van der Waals surface area contributed by atoms with Crippen LogP contribution in [-0.4, -0.2) is 86.2 Å². The number of nitrogens with one attached hydrogen (secondary N) is 2. The van der Waals surface area contributed by atoms with Gasteiger partial charge in [0.25, 0.3) is 0 Å². The highest BCUT2D eigenvalue weighted by atomic mass is 15.3. The molecule has 1 atom stereocenters. The summed E-state index contributed by atoms with van der Waals surface area (Å²) in [5, 5.41) is 7.08. The zero-order chi connectivity index (χ0) is 20.1. The molecule has 0 radical (unpaired) electrons. The summed E-state index contributed by atoms with van der Waals surface area (Å²) in [6.45, 7) is 7.42. The van der Waals surface area contributed by atoms with Gasteiger partial charge in [-0.15, -0.1) is 0 Å². The number of guanidine groups is 1. The third kappa shape index (κ3) is 5.39. The van der Waals surface area contributed by atoms with E-state index in [9.17, 15) is 0 Å². The highest BCUT2D eigenvalue weighted by Crippen LogP contribution is 2.26. The van der Waals surface area contributed by atoms with Crippen molar-refractivity contribution in [3.05, 3.63) is 23.9 Å². The second-order valence-electron chi connectivity index (χ2n) is 8.80. The molecule has 1 unspecified atom stereocenters. The summed E-state index contributed by atoms with van der Waals surface area (Å²) < 4.78 is 0. The average molecular weight is 400 g/mol. The lowest BCUT2D eigenvalue weighted by molar-refractivity contribution is 0.242. The molecule has 1 aromatic heterocycles. The summed E-state index contributed by atoms with van der Waals surface area (Å²) in [7, 11) is 4.03. The molecule has 3 fully saturated rings. The van der Waals surface area contributed by atoms with Gasteiger partial charge in [-0.05, 0) is 37.9 Å². The smallest absolute Gasteiger partial charge is 0.191 e. The Morgan fingerprint density at radius 1 is 1.10 bits per heavy atom. The molecular formula is C22H37N7. The van der Waals surface area contributed by atoms with Crippen LogP contribution in [0.3, 0.4) is 0 Å². The molecule has 160 valence electrons. The van der Waals surface area contributed by atoms with Crippen LogP contribution in [0.25, 0.3) is 0 Å². The van der Waals surface area contributed by atoms with E-state index in [0.29, 0.717) is 6.04 Å². The molecule has 3 heterocycles. The minimum Gasteiger partial charge on any atom is -0.354 e. The molecule has 7 nitrogen and oxygen atoms in total. The maximum absolute atomic E-state index is 4.69. The van der Waals surface area contributed by atoms with Gasteiger partial charge in [0.1, 0.15) is 5.82 Å². The topological polar surface area (TPSA) is 59.0 Å². The molecule has 0 aromatic carbocycles. The van der Waals surface area contributed by atoms with Crippen LogP contribution in [0.5, 0.6) is 0 Å². The van der Waals surface area contributed by atoms with E-state index in [1.807, 2.05) is 13.2 Å². The largest absolute Gasteiger partial charge is 0.354 e. The standard InChI is InChI=1S/C22H37N7/c1-23-22(26-19-9-10-29(17-19)20-5-3-4-6-20)25-16-18-7-8-21(24-15-18)28-13-11-27(2)12-14-28/h7-8,15,19-20H,3-6,9-14,16-17H2,1-2H3,(H2,23,25,26). The van der Waals surface area contributed by atoms with E-state index in [2.05, 4.69) is 54.5 Å². The number of aromatic nitrogens is 1. The number of hydrogen-bond acceptors (Lipinski definition) is 5. The first kappa shape index (κ1) is 20.4. The summed E-state index contributed by atoms with van der Waals surface area (Å²) in [6, 6.07) is 5.65. The second kappa shape index (κ2) is 9.76. The van der Waals surface area contributed by atoms with Crippen molar-refractivity contribution < 1.29 is 0 Å². The molecule has 2 saturated heterocycles. The zero-order valence-corrected chi connectivity index (χ0v) is 18.1. The highest BCUT2D eigenvalue weighted by molar-refractivity contribution is 5.80. The fourth-order valence-electron chi connectivity index (χ4n) is 4.82. The lowest BCUT2D eigenvalue weighted by Crippen LogP contribution is -2.45. The number of piperazine rings is 1. The minimum absolute atomic E-state index is 0.500. The van der Waals surface area contributed by atoms with Gasteiger partial charge in [0, 0.05) is 71.1 Å².